The van der Waals surface area contributed by atoms with Crippen LogP contribution in [0.5, 0.6) is 0 Å². The highest BCUT2D eigenvalue weighted by molar-refractivity contribution is 6.31. The minimum Gasteiger partial charge on any atom is -0.397 e. The first kappa shape index (κ1) is 8.34. The van der Waals surface area contributed by atoms with Crippen LogP contribution in [-0.4, -0.2) is 15.1 Å². The summed E-state index contributed by atoms with van der Waals surface area (Å²) in [7, 11) is 0. The third-order valence-electron chi connectivity index (χ3n) is 1.78. The number of aliphatic hydroxyl groups excluding tert-OH is 1. The van der Waals surface area contributed by atoms with Crippen molar-refractivity contribution >= 4 is 28.3 Å². The van der Waals surface area contributed by atoms with Gasteiger partial charge in [0.25, 0.3) is 0 Å². The highest BCUT2D eigenvalue weighted by Gasteiger charge is 2.05. The summed E-state index contributed by atoms with van der Waals surface area (Å²) in [6, 6.07) is 3.35. The minimum atomic E-state index is -0.133. The fourth-order valence-electron chi connectivity index (χ4n) is 1.23. The van der Waals surface area contributed by atoms with Crippen molar-refractivity contribution in [1.29, 1.82) is 0 Å². The van der Waals surface area contributed by atoms with Gasteiger partial charge in [-0.1, -0.05) is 11.6 Å². The summed E-state index contributed by atoms with van der Waals surface area (Å²) in [5.41, 5.74) is 7.58. The van der Waals surface area contributed by atoms with E-state index in [2.05, 4.69) is 9.97 Å². The van der Waals surface area contributed by atoms with Gasteiger partial charge in [0.05, 0.1) is 11.2 Å². The fourth-order valence-corrected chi connectivity index (χ4v) is 1.46. The number of hydrogen-bond donors (Lipinski definition) is 3. The maximum Gasteiger partial charge on any atom is 0.133 e. The van der Waals surface area contributed by atoms with Gasteiger partial charge in [0.15, 0.2) is 0 Å². The van der Waals surface area contributed by atoms with Crippen LogP contribution in [0.15, 0.2) is 12.1 Å². The van der Waals surface area contributed by atoms with Crippen molar-refractivity contribution in [2.45, 2.75) is 6.61 Å². The molecule has 0 fully saturated rings. The zero-order chi connectivity index (χ0) is 9.42. The van der Waals surface area contributed by atoms with Gasteiger partial charge in [-0.05, 0) is 12.1 Å². The Kier molecular flexibility index (Phi) is 1.86. The van der Waals surface area contributed by atoms with Crippen LogP contribution < -0.4 is 5.73 Å². The molecule has 68 valence electrons. The molecule has 0 bridgehead atoms. The predicted molar refractivity (Wildman–Crippen MR) is 51.4 cm³/mol. The van der Waals surface area contributed by atoms with Crippen molar-refractivity contribution in [3.05, 3.63) is 23.0 Å². The van der Waals surface area contributed by atoms with E-state index in [9.17, 15) is 0 Å². The lowest BCUT2D eigenvalue weighted by Gasteiger charge is -1.94. The number of halogens is 1. The summed E-state index contributed by atoms with van der Waals surface area (Å²) < 4.78 is 0. The number of H-pyrrole nitrogens is 1. The molecule has 1 aromatic heterocycles. The molecule has 4 N–H and O–H groups in total. The van der Waals surface area contributed by atoms with Crippen molar-refractivity contribution < 1.29 is 5.11 Å². The standard InChI is InChI=1S/C8H8ClN3O/c9-4-1-5(10)8-6(2-4)11-7(3-13)12-8/h1-2,13H,3,10H2,(H,11,12). The number of nitrogens with two attached hydrogens (primary N) is 1. The quantitative estimate of drug-likeness (QED) is 0.603. The number of benzene rings is 1. The number of fused-ring (bicyclic) bond motifs is 1. The van der Waals surface area contributed by atoms with E-state index in [4.69, 9.17) is 22.4 Å². The summed E-state index contributed by atoms with van der Waals surface area (Å²) in [5, 5.41) is 9.39. The second-order valence-corrected chi connectivity index (χ2v) is 3.17. The third kappa shape index (κ3) is 1.34. The number of nitrogens with one attached hydrogen (secondary N) is 1. The average molecular weight is 198 g/mol. The van der Waals surface area contributed by atoms with Crippen molar-refractivity contribution in [3.63, 3.8) is 0 Å². The molecule has 5 heteroatoms. The second-order valence-electron chi connectivity index (χ2n) is 2.73. The van der Waals surface area contributed by atoms with Gasteiger partial charge in [-0.3, -0.25) is 0 Å². The molecule has 0 saturated carbocycles. The van der Waals surface area contributed by atoms with Gasteiger partial charge in [-0.2, -0.15) is 0 Å². The zero-order valence-corrected chi connectivity index (χ0v) is 7.47. The van der Waals surface area contributed by atoms with Crippen molar-refractivity contribution in [2.75, 3.05) is 5.73 Å². The molecule has 0 aliphatic heterocycles. The number of imidazole rings is 1. The number of nitrogens with zero attached hydrogens (tertiary/aromatic N) is 1. The Hall–Kier alpha value is -1.26. The lowest BCUT2D eigenvalue weighted by molar-refractivity contribution is 0.273. The molecule has 13 heavy (non-hydrogen) atoms. The van der Waals surface area contributed by atoms with Gasteiger partial charge in [0.1, 0.15) is 17.9 Å². The lowest BCUT2D eigenvalue weighted by Crippen LogP contribution is -1.86. The normalized spacial score (nSPS) is 10.9. The van der Waals surface area contributed by atoms with Crippen molar-refractivity contribution in [3.8, 4) is 0 Å². The number of hydrogen-bond acceptors (Lipinski definition) is 3. The molecule has 2 aromatic rings. The number of anilines is 1. The molecule has 0 aliphatic carbocycles. The Morgan fingerprint density at radius 1 is 1.54 bits per heavy atom. The molecule has 0 spiro atoms. The van der Waals surface area contributed by atoms with Crippen LogP contribution >= 0.6 is 11.6 Å². The van der Waals surface area contributed by atoms with Crippen LogP contribution in [0.4, 0.5) is 5.69 Å². The summed E-state index contributed by atoms with van der Waals surface area (Å²) >= 11 is 5.79. The highest BCUT2D eigenvalue weighted by Crippen LogP contribution is 2.23. The van der Waals surface area contributed by atoms with E-state index < -0.39 is 0 Å². The lowest BCUT2D eigenvalue weighted by atomic mass is 10.3. The third-order valence-corrected chi connectivity index (χ3v) is 2.00. The monoisotopic (exact) mass is 197 g/mol. The number of aliphatic hydroxyl groups is 1. The first-order chi connectivity index (χ1) is 6.20. The van der Waals surface area contributed by atoms with Crippen LogP contribution in [0.3, 0.4) is 0 Å². The van der Waals surface area contributed by atoms with Crippen LogP contribution in [-0.2, 0) is 6.61 Å². The van der Waals surface area contributed by atoms with E-state index in [-0.39, 0.29) is 6.61 Å². The molecular weight excluding hydrogens is 190 g/mol. The van der Waals surface area contributed by atoms with E-state index in [1.807, 2.05) is 0 Å². The summed E-state index contributed by atoms with van der Waals surface area (Å²) in [6.45, 7) is -0.133. The summed E-state index contributed by atoms with van der Waals surface area (Å²) in [5.74, 6) is 0.490. The molecular formula is C8H8ClN3O. The average Bonchev–Trinajstić information content (AvgIpc) is 2.47. The van der Waals surface area contributed by atoms with Gasteiger partial charge in [0, 0.05) is 5.02 Å². The first-order valence-corrected chi connectivity index (χ1v) is 4.13. The maximum atomic E-state index is 8.83. The van der Waals surface area contributed by atoms with Gasteiger partial charge < -0.3 is 15.8 Å². The predicted octanol–water partition coefficient (Wildman–Crippen LogP) is 1.29. The van der Waals surface area contributed by atoms with Gasteiger partial charge in [-0.25, -0.2) is 4.98 Å². The highest BCUT2D eigenvalue weighted by atomic mass is 35.5. The largest absolute Gasteiger partial charge is 0.397 e. The molecule has 4 nitrogen and oxygen atoms in total. The SMILES string of the molecule is Nc1cc(Cl)cc2[nH]c(CO)nc12. The molecule has 0 radical (unpaired) electrons. The Labute approximate surface area is 79.3 Å². The van der Waals surface area contributed by atoms with Crippen LogP contribution in [0, 0.1) is 0 Å². The van der Waals surface area contributed by atoms with Crippen molar-refractivity contribution in [2.24, 2.45) is 0 Å². The molecule has 0 saturated heterocycles. The fraction of sp³-hybridized carbons (Fsp3) is 0.125. The Bertz CT molecular complexity index is 452. The Balaban J connectivity index is 2.75. The maximum absolute atomic E-state index is 8.83. The topological polar surface area (TPSA) is 74.9 Å². The zero-order valence-electron chi connectivity index (χ0n) is 6.71. The minimum absolute atomic E-state index is 0.133. The number of aromatic amines is 1. The number of rotatable bonds is 1. The first-order valence-electron chi connectivity index (χ1n) is 3.75. The number of nitrogen functional groups attached to an aromatic ring is 1. The smallest absolute Gasteiger partial charge is 0.133 e. The molecule has 0 amide bonds. The summed E-state index contributed by atoms with van der Waals surface area (Å²) in [6.07, 6.45) is 0. The molecule has 2 rings (SSSR count). The number of aromatic nitrogens is 2. The molecule has 1 heterocycles. The Morgan fingerprint density at radius 3 is 3.00 bits per heavy atom. The van der Waals surface area contributed by atoms with Crippen molar-refractivity contribution in [1.82, 2.24) is 9.97 Å². The summed E-state index contributed by atoms with van der Waals surface area (Å²) in [4.78, 5) is 6.98. The Morgan fingerprint density at radius 2 is 2.31 bits per heavy atom. The molecule has 1 aromatic carbocycles. The molecule has 0 atom stereocenters. The van der Waals surface area contributed by atoms with E-state index in [0.717, 1.165) is 5.52 Å². The van der Waals surface area contributed by atoms with E-state index in [0.29, 0.717) is 22.1 Å². The van der Waals surface area contributed by atoms with E-state index in [1.165, 1.54) is 0 Å². The molecule has 0 unspecified atom stereocenters. The van der Waals surface area contributed by atoms with Crippen LogP contribution in [0.25, 0.3) is 11.0 Å². The molecule has 0 aliphatic rings. The van der Waals surface area contributed by atoms with Gasteiger partial charge in [-0.15, -0.1) is 0 Å². The van der Waals surface area contributed by atoms with E-state index in [1.54, 1.807) is 12.1 Å². The van der Waals surface area contributed by atoms with Gasteiger partial charge in [0.2, 0.25) is 0 Å². The van der Waals surface area contributed by atoms with Gasteiger partial charge >= 0.3 is 0 Å². The second kappa shape index (κ2) is 2.90. The van der Waals surface area contributed by atoms with Crippen LogP contribution in [0.1, 0.15) is 5.82 Å². The van der Waals surface area contributed by atoms with Crippen LogP contribution in [0.2, 0.25) is 5.02 Å². The van der Waals surface area contributed by atoms with E-state index >= 15 is 0 Å².